The summed E-state index contributed by atoms with van der Waals surface area (Å²) in [6.45, 7) is 0. The molecule has 0 saturated carbocycles. The Balaban J connectivity index is 1.28. The Bertz CT molecular complexity index is 1270. The number of amides is 1. The minimum absolute atomic E-state index is 0.0590. The average Bonchev–Trinajstić information content (AvgIpc) is 3.46. The SMILES string of the molecule is O=C(NC1CCCc2cc(-c3ncnc4[nH]ncc34)ccc21)c1cc2c(s1)CCCC2. The number of hydrogen-bond acceptors (Lipinski definition) is 5. The number of aromatic nitrogens is 4. The third kappa shape index (κ3) is 3.33. The topological polar surface area (TPSA) is 83.6 Å². The lowest BCUT2D eigenvalue weighted by Gasteiger charge is -2.27. The summed E-state index contributed by atoms with van der Waals surface area (Å²) in [5.41, 5.74) is 6.58. The van der Waals surface area contributed by atoms with Gasteiger partial charge in [-0.25, -0.2) is 9.97 Å². The highest BCUT2D eigenvalue weighted by molar-refractivity contribution is 7.14. The summed E-state index contributed by atoms with van der Waals surface area (Å²) in [6.07, 6.45) is 11.1. The second-order valence-corrected chi connectivity index (χ2v) is 9.59. The van der Waals surface area contributed by atoms with E-state index in [2.05, 4.69) is 49.7 Å². The van der Waals surface area contributed by atoms with Crippen molar-refractivity contribution in [3.8, 4) is 11.3 Å². The van der Waals surface area contributed by atoms with Gasteiger partial charge in [0.2, 0.25) is 0 Å². The lowest BCUT2D eigenvalue weighted by atomic mass is 9.86. The van der Waals surface area contributed by atoms with Crippen molar-refractivity contribution < 1.29 is 4.79 Å². The second-order valence-electron chi connectivity index (χ2n) is 8.45. The van der Waals surface area contributed by atoms with Crippen LogP contribution in [0.5, 0.6) is 0 Å². The monoisotopic (exact) mass is 429 g/mol. The molecule has 6 nitrogen and oxygen atoms in total. The summed E-state index contributed by atoms with van der Waals surface area (Å²) < 4.78 is 0. The van der Waals surface area contributed by atoms with Gasteiger partial charge in [-0.2, -0.15) is 5.10 Å². The summed E-state index contributed by atoms with van der Waals surface area (Å²) in [5, 5.41) is 11.2. The Kier molecular flexibility index (Phi) is 4.56. The van der Waals surface area contributed by atoms with Gasteiger partial charge in [-0.1, -0.05) is 12.1 Å². The van der Waals surface area contributed by atoms with Crippen LogP contribution in [-0.2, 0) is 19.3 Å². The molecule has 7 heteroatoms. The normalized spacial score (nSPS) is 17.9. The van der Waals surface area contributed by atoms with Gasteiger partial charge in [0, 0.05) is 10.4 Å². The summed E-state index contributed by atoms with van der Waals surface area (Å²) in [4.78, 5) is 24.0. The van der Waals surface area contributed by atoms with Crippen molar-refractivity contribution in [3.63, 3.8) is 0 Å². The highest BCUT2D eigenvalue weighted by atomic mass is 32.1. The molecule has 0 bridgehead atoms. The molecule has 0 aliphatic heterocycles. The van der Waals surface area contributed by atoms with Crippen LogP contribution in [-0.4, -0.2) is 26.1 Å². The van der Waals surface area contributed by atoms with E-state index in [9.17, 15) is 4.79 Å². The number of nitrogens with one attached hydrogen (secondary N) is 2. The molecule has 3 heterocycles. The van der Waals surface area contributed by atoms with E-state index in [0.717, 1.165) is 59.3 Å². The first kappa shape index (κ1) is 18.7. The van der Waals surface area contributed by atoms with Gasteiger partial charge in [-0.05, 0) is 73.8 Å². The van der Waals surface area contributed by atoms with E-state index in [1.54, 1.807) is 23.9 Å². The quantitative estimate of drug-likeness (QED) is 0.491. The zero-order valence-electron chi connectivity index (χ0n) is 17.1. The van der Waals surface area contributed by atoms with Gasteiger partial charge in [-0.15, -0.1) is 11.3 Å². The molecule has 1 amide bonds. The highest BCUT2D eigenvalue weighted by Crippen LogP contribution is 2.35. The maximum Gasteiger partial charge on any atom is 0.261 e. The Morgan fingerprint density at radius 3 is 2.90 bits per heavy atom. The number of nitrogens with zero attached hydrogens (tertiary/aromatic N) is 3. The Labute approximate surface area is 184 Å². The fourth-order valence-electron chi connectivity index (χ4n) is 4.94. The van der Waals surface area contributed by atoms with Crippen LogP contribution in [0.4, 0.5) is 0 Å². The van der Waals surface area contributed by atoms with Crippen molar-refractivity contribution in [2.24, 2.45) is 0 Å². The average molecular weight is 430 g/mol. The van der Waals surface area contributed by atoms with Crippen LogP contribution in [0.3, 0.4) is 0 Å². The van der Waals surface area contributed by atoms with E-state index in [-0.39, 0.29) is 11.9 Å². The van der Waals surface area contributed by atoms with Crippen LogP contribution >= 0.6 is 11.3 Å². The van der Waals surface area contributed by atoms with Crippen molar-refractivity contribution in [1.82, 2.24) is 25.5 Å². The second kappa shape index (κ2) is 7.57. The molecule has 31 heavy (non-hydrogen) atoms. The number of carbonyl (C=O) groups is 1. The van der Waals surface area contributed by atoms with Gasteiger partial charge >= 0.3 is 0 Å². The van der Waals surface area contributed by atoms with E-state index >= 15 is 0 Å². The maximum absolute atomic E-state index is 13.0. The van der Waals surface area contributed by atoms with E-state index in [1.165, 1.54) is 34.4 Å². The number of thiophene rings is 1. The third-order valence-electron chi connectivity index (χ3n) is 6.50. The first-order valence-corrected chi connectivity index (χ1v) is 11.8. The fourth-order valence-corrected chi connectivity index (χ4v) is 6.10. The molecular weight excluding hydrogens is 406 g/mol. The van der Waals surface area contributed by atoms with Gasteiger partial charge < -0.3 is 5.32 Å². The van der Waals surface area contributed by atoms with Crippen LogP contribution in [0, 0.1) is 0 Å². The van der Waals surface area contributed by atoms with Gasteiger partial charge in [0.1, 0.15) is 6.33 Å². The number of fused-ring (bicyclic) bond motifs is 3. The molecule has 4 aromatic rings. The summed E-state index contributed by atoms with van der Waals surface area (Å²) >= 11 is 1.68. The number of rotatable bonds is 3. The Hall–Kier alpha value is -3.06. The first-order chi connectivity index (χ1) is 15.3. The molecule has 2 aliphatic carbocycles. The number of aromatic amines is 1. The molecule has 1 atom stereocenters. The smallest absolute Gasteiger partial charge is 0.261 e. The van der Waals surface area contributed by atoms with Crippen molar-refractivity contribution in [2.45, 2.75) is 51.0 Å². The molecule has 156 valence electrons. The molecular formula is C24H23N5OS. The zero-order chi connectivity index (χ0) is 20.8. The number of benzene rings is 1. The van der Waals surface area contributed by atoms with Crippen molar-refractivity contribution in [2.75, 3.05) is 0 Å². The molecule has 2 N–H and O–H groups in total. The van der Waals surface area contributed by atoms with Crippen molar-refractivity contribution >= 4 is 28.3 Å². The summed E-state index contributed by atoms with van der Waals surface area (Å²) in [7, 11) is 0. The summed E-state index contributed by atoms with van der Waals surface area (Å²) in [6, 6.07) is 8.65. The van der Waals surface area contributed by atoms with Gasteiger partial charge in [0.15, 0.2) is 5.65 Å². The zero-order valence-corrected chi connectivity index (χ0v) is 18.0. The molecule has 2 aliphatic rings. The molecule has 1 unspecified atom stereocenters. The van der Waals surface area contributed by atoms with Crippen molar-refractivity contribution in [3.05, 3.63) is 63.2 Å². The molecule has 0 radical (unpaired) electrons. The minimum atomic E-state index is 0.0590. The molecule has 1 aromatic carbocycles. The van der Waals surface area contributed by atoms with Gasteiger partial charge in [-0.3, -0.25) is 9.89 Å². The standard InChI is InChI=1S/C24H23N5OS/c30-24(21-11-15-4-1-2-7-20(15)31-21)28-19-6-3-5-14-10-16(8-9-17(14)19)22-18-12-27-29-23(18)26-13-25-22/h8-13,19H,1-7H2,(H,28,30)(H,25,26,27,29). The lowest BCUT2D eigenvalue weighted by Crippen LogP contribution is -2.30. The van der Waals surface area contributed by atoms with Crippen LogP contribution in [0.2, 0.25) is 0 Å². The number of H-pyrrole nitrogens is 1. The number of aryl methyl sites for hydroxylation is 3. The number of carbonyl (C=O) groups excluding carboxylic acids is 1. The minimum Gasteiger partial charge on any atom is -0.345 e. The predicted molar refractivity (Wildman–Crippen MR) is 121 cm³/mol. The lowest BCUT2D eigenvalue weighted by molar-refractivity contribution is 0.0937. The molecule has 6 rings (SSSR count). The molecule has 0 saturated heterocycles. The van der Waals surface area contributed by atoms with Gasteiger partial charge in [0.25, 0.3) is 5.91 Å². The van der Waals surface area contributed by atoms with Gasteiger partial charge in [0.05, 0.1) is 28.2 Å². The van der Waals surface area contributed by atoms with Crippen LogP contribution in [0.25, 0.3) is 22.3 Å². The van der Waals surface area contributed by atoms with E-state index in [0.29, 0.717) is 0 Å². The van der Waals surface area contributed by atoms with E-state index < -0.39 is 0 Å². The largest absolute Gasteiger partial charge is 0.345 e. The van der Waals surface area contributed by atoms with Crippen LogP contribution < -0.4 is 5.32 Å². The third-order valence-corrected chi connectivity index (χ3v) is 7.74. The maximum atomic E-state index is 13.0. The number of hydrogen-bond donors (Lipinski definition) is 2. The Morgan fingerprint density at radius 2 is 1.97 bits per heavy atom. The molecule has 0 fully saturated rings. The van der Waals surface area contributed by atoms with Crippen molar-refractivity contribution in [1.29, 1.82) is 0 Å². The van der Waals surface area contributed by atoms with Crippen LogP contribution in [0.1, 0.15) is 63.0 Å². The Morgan fingerprint density at radius 1 is 1.06 bits per heavy atom. The van der Waals surface area contributed by atoms with E-state index in [4.69, 9.17) is 0 Å². The first-order valence-electron chi connectivity index (χ1n) is 11.0. The highest BCUT2D eigenvalue weighted by Gasteiger charge is 2.25. The fraction of sp³-hybridized carbons (Fsp3) is 0.333. The molecule has 0 spiro atoms. The predicted octanol–water partition coefficient (Wildman–Crippen LogP) is 4.77. The molecule has 3 aromatic heterocycles. The van der Waals surface area contributed by atoms with E-state index in [1.807, 2.05) is 0 Å². The van der Waals surface area contributed by atoms with Crippen LogP contribution in [0.15, 0.2) is 36.8 Å². The summed E-state index contributed by atoms with van der Waals surface area (Å²) in [5.74, 6) is 0.0669.